The Labute approximate surface area is 188 Å². The lowest BCUT2D eigenvalue weighted by Crippen LogP contribution is -2.10. The number of oxime groups is 1. The van der Waals surface area contributed by atoms with Crippen LogP contribution in [0.2, 0.25) is 0 Å². The highest BCUT2D eigenvalue weighted by atomic mass is 16.6. The Morgan fingerprint density at radius 1 is 1.12 bits per heavy atom. The number of carbonyl (C=O) groups is 1. The van der Waals surface area contributed by atoms with Gasteiger partial charge in [0.2, 0.25) is 0 Å². The summed E-state index contributed by atoms with van der Waals surface area (Å²) < 4.78 is 7.60. The number of hydrogen-bond acceptors (Lipinski definition) is 5. The van der Waals surface area contributed by atoms with Crippen molar-refractivity contribution in [3.8, 4) is 11.4 Å². The topological polar surface area (TPSA) is 85.9 Å². The van der Waals surface area contributed by atoms with Gasteiger partial charge in [0.05, 0.1) is 17.8 Å². The SMILES string of the molecule is Cc1c(CC(=O)O)cccc1OCCO/N=C(\CC(C)C)c1ccc(-n2cccn2)cc1. The van der Waals surface area contributed by atoms with Crippen molar-refractivity contribution >= 4 is 11.7 Å². The van der Waals surface area contributed by atoms with Gasteiger partial charge in [-0.2, -0.15) is 5.10 Å². The minimum atomic E-state index is -0.863. The number of nitrogens with zero attached hydrogens (tertiary/aromatic N) is 3. The summed E-state index contributed by atoms with van der Waals surface area (Å²) in [7, 11) is 0. The predicted molar refractivity (Wildman–Crippen MR) is 124 cm³/mol. The first-order valence-electron chi connectivity index (χ1n) is 10.7. The van der Waals surface area contributed by atoms with E-state index < -0.39 is 5.97 Å². The number of carboxylic acids is 1. The highest BCUT2D eigenvalue weighted by Gasteiger charge is 2.10. The summed E-state index contributed by atoms with van der Waals surface area (Å²) in [6.07, 6.45) is 4.42. The van der Waals surface area contributed by atoms with Crippen LogP contribution in [0.1, 0.15) is 37.0 Å². The summed E-state index contributed by atoms with van der Waals surface area (Å²) in [6, 6.07) is 15.4. The molecular weight excluding hydrogens is 406 g/mol. The first-order chi connectivity index (χ1) is 15.4. The van der Waals surface area contributed by atoms with Crippen LogP contribution >= 0.6 is 0 Å². The lowest BCUT2D eigenvalue weighted by atomic mass is 10.0. The molecule has 0 amide bonds. The second-order valence-electron chi connectivity index (χ2n) is 7.93. The normalized spacial score (nSPS) is 11.6. The molecule has 0 fully saturated rings. The number of aliphatic carboxylic acids is 1. The second-order valence-corrected chi connectivity index (χ2v) is 7.93. The largest absolute Gasteiger partial charge is 0.490 e. The van der Waals surface area contributed by atoms with Crippen LogP contribution in [0.3, 0.4) is 0 Å². The summed E-state index contributed by atoms with van der Waals surface area (Å²) >= 11 is 0. The summed E-state index contributed by atoms with van der Waals surface area (Å²) in [5.74, 6) is 0.227. The second kappa shape index (κ2) is 11.1. The monoisotopic (exact) mass is 435 g/mol. The third kappa shape index (κ3) is 6.44. The molecule has 0 aliphatic rings. The lowest BCUT2D eigenvalue weighted by Gasteiger charge is -2.12. The van der Waals surface area contributed by atoms with Gasteiger partial charge in [0, 0.05) is 12.4 Å². The van der Waals surface area contributed by atoms with Gasteiger partial charge in [-0.05, 0) is 60.2 Å². The molecule has 0 saturated carbocycles. The summed E-state index contributed by atoms with van der Waals surface area (Å²) in [4.78, 5) is 16.5. The third-order valence-corrected chi connectivity index (χ3v) is 4.92. The lowest BCUT2D eigenvalue weighted by molar-refractivity contribution is -0.136. The van der Waals surface area contributed by atoms with E-state index in [2.05, 4.69) is 24.1 Å². The number of carboxylic acid groups (broad SMARTS) is 1. The fourth-order valence-corrected chi connectivity index (χ4v) is 3.31. The highest BCUT2D eigenvalue weighted by Crippen LogP contribution is 2.22. The van der Waals surface area contributed by atoms with Gasteiger partial charge >= 0.3 is 5.97 Å². The molecule has 168 valence electrons. The van der Waals surface area contributed by atoms with E-state index in [4.69, 9.17) is 14.7 Å². The maximum absolute atomic E-state index is 11.0. The fraction of sp³-hybridized carbons (Fsp3) is 0.320. The zero-order valence-corrected chi connectivity index (χ0v) is 18.7. The Morgan fingerprint density at radius 2 is 1.91 bits per heavy atom. The number of rotatable bonds is 11. The Hall–Kier alpha value is -3.61. The molecule has 0 spiro atoms. The van der Waals surface area contributed by atoms with Crippen LogP contribution in [0, 0.1) is 12.8 Å². The maximum Gasteiger partial charge on any atom is 0.307 e. The Bertz CT molecular complexity index is 1040. The molecule has 0 unspecified atom stereocenters. The summed E-state index contributed by atoms with van der Waals surface area (Å²) in [6.45, 7) is 6.75. The van der Waals surface area contributed by atoms with Gasteiger partial charge in [-0.1, -0.05) is 43.3 Å². The van der Waals surface area contributed by atoms with Gasteiger partial charge in [0.1, 0.15) is 12.4 Å². The van der Waals surface area contributed by atoms with Gasteiger partial charge < -0.3 is 14.7 Å². The van der Waals surface area contributed by atoms with Crippen molar-refractivity contribution in [1.29, 1.82) is 0 Å². The number of aromatic nitrogens is 2. The van der Waals surface area contributed by atoms with E-state index in [1.807, 2.05) is 54.2 Å². The van der Waals surface area contributed by atoms with Crippen LogP contribution in [0.4, 0.5) is 0 Å². The molecule has 7 heteroatoms. The van der Waals surface area contributed by atoms with E-state index >= 15 is 0 Å². The molecule has 0 atom stereocenters. The van der Waals surface area contributed by atoms with Crippen LogP contribution in [-0.4, -0.2) is 39.8 Å². The van der Waals surface area contributed by atoms with Gasteiger partial charge in [-0.3, -0.25) is 4.79 Å². The Balaban J connectivity index is 1.59. The van der Waals surface area contributed by atoms with Gasteiger partial charge in [-0.15, -0.1) is 0 Å². The first kappa shape index (κ1) is 23.1. The quantitative estimate of drug-likeness (QED) is 0.269. The van der Waals surface area contributed by atoms with Crippen LogP contribution in [0.15, 0.2) is 66.1 Å². The fourth-order valence-electron chi connectivity index (χ4n) is 3.31. The van der Waals surface area contributed by atoms with Crippen LogP contribution in [0.25, 0.3) is 5.69 Å². The van der Waals surface area contributed by atoms with Crippen molar-refractivity contribution in [2.75, 3.05) is 13.2 Å². The average Bonchev–Trinajstić information content (AvgIpc) is 3.29. The molecule has 32 heavy (non-hydrogen) atoms. The molecule has 0 saturated heterocycles. The molecule has 3 rings (SSSR count). The van der Waals surface area contributed by atoms with Crippen LogP contribution < -0.4 is 4.74 Å². The minimum Gasteiger partial charge on any atom is -0.490 e. The first-order valence-corrected chi connectivity index (χ1v) is 10.7. The summed E-state index contributed by atoms with van der Waals surface area (Å²) in [5.41, 5.74) is 4.44. The molecule has 0 aliphatic carbocycles. The summed E-state index contributed by atoms with van der Waals surface area (Å²) in [5, 5.41) is 17.6. The molecule has 2 aromatic carbocycles. The third-order valence-electron chi connectivity index (χ3n) is 4.92. The maximum atomic E-state index is 11.0. The molecule has 1 N–H and O–H groups in total. The molecule has 3 aromatic rings. The average molecular weight is 436 g/mol. The van der Waals surface area contributed by atoms with Gasteiger partial charge in [0.15, 0.2) is 6.61 Å². The Kier molecular flexibility index (Phi) is 8.02. The molecule has 0 radical (unpaired) electrons. The van der Waals surface area contributed by atoms with Crippen molar-refractivity contribution in [2.24, 2.45) is 11.1 Å². The van der Waals surface area contributed by atoms with E-state index in [0.29, 0.717) is 18.3 Å². The van der Waals surface area contributed by atoms with Crippen molar-refractivity contribution in [3.63, 3.8) is 0 Å². The zero-order valence-electron chi connectivity index (χ0n) is 18.7. The minimum absolute atomic E-state index is 0.0262. The van der Waals surface area contributed by atoms with E-state index in [9.17, 15) is 4.79 Å². The predicted octanol–water partition coefficient (Wildman–Crippen LogP) is 4.65. The van der Waals surface area contributed by atoms with Crippen molar-refractivity contribution < 1.29 is 19.5 Å². The van der Waals surface area contributed by atoms with Crippen molar-refractivity contribution in [3.05, 3.63) is 77.6 Å². The molecule has 1 heterocycles. The molecular formula is C25H29N3O4. The van der Waals surface area contributed by atoms with E-state index in [1.54, 1.807) is 18.3 Å². The van der Waals surface area contributed by atoms with E-state index in [1.165, 1.54) is 0 Å². The number of hydrogen-bond donors (Lipinski definition) is 1. The molecule has 7 nitrogen and oxygen atoms in total. The standard InChI is InChI=1S/C25H29N3O4/c1-18(2)16-23(20-8-10-22(11-9-20)28-13-5-12-26-28)27-32-15-14-31-24-7-4-6-21(19(24)3)17-25(29)30/h4-13,18H,14-17H2,1-3H3,(H,29,30)/b27-23+. The molecule has 0 aliphatic heterocycles. The van der Waals surface area contributed by atoms with Crippen LogP contribution in [-0.2, 0) is 16.1 Å². The highest BCUT2D eigenvalue weighted by molar-refractivity contribution is 6.00. The van der Waals surface area contributed by atoms with Gasteiger partial charge in [-0.25, -0.2) is 4.68 Å². The number of benzene rings is 2. The van der Waals surface area contributed by atoms with Crippen molar-refractivity contribution in [1.82, 2.24) is 9.78 Å². The smallest absolute Gasteiger partial charge is 0.307 e. The molecule has 0 bridgehead atoms. The van der Waals surface area contributed by atoms with Crippen LogP contribution in [0.5, 0.6) is 5.75 Å². The van der Waals surface area contributed by atoms with Crippen molar-refractivity contribution in [2.45, 2.75) is 33.6 Å². The zero-order chi connectivity index (χ0) is 22.9. The number of ether oxygens (including phenoxy) is 1. The van der Waals surface area contributed by atoms with Gasteiger partial charge in [0.25, 0.3) is 0 Å². The Morgan fingerprint density at radius 3 is 2.56 bits per heavy atom. The molecule has 1 aromatic heterocycles. The van der Waals surface area contributed by atoms with E-state index in [0.717, 1.165) is 34.5 Å². The van der Waals surface area contributed by atoms with E-state index in [-0.39, 0.29) is 13.0 Å².